The van der Waals surface area contributed by atoms with E-state index in [0.29, 0.717) is 36.3 Å². The molecule has 2 amide bonds. The minimum absolute atomic E-state index is 0.000500. The summed E-state index contributed by atoms with van der Waals surface area (Å²) in [4.78, 5) is 40.5. The summed E-state index contributed by atoms with van der Waals surface area (Å²) < 4.78 is 16.7. The maximum Gasteiger partial charge on any atom is 0.407 e. The molecule has 4 N–H and O–H groups in total. The van der Waals surface area contributed by atoms with Crippen molar-refractivity contribution in [2.75, 3.05) is 101 Å². The lowest BCUT2D eigenvalue weighted by Crippen LogP contribution is -2.27. The summed E-state index contributed by atoms with van der Waals surface area (Å²) >= 11 is 10.3. The first-order chi connectivity index (χ1) is 20.1. The number of carbonyl (C=O) groups is 2. The van der Waals surface area contributed by atoms with Gasteiger partial charge in [0.05, 0.1) is 26.3 Å². The number of carbonyl (C=O) groups excluding carboxylic acids is 2. The van der Waals surface area contributed by atoms with E-state index >= 15 is 0 Å². The van der Waals surface area contributed by atoms with Crippen LogP contribution in [-0.2, 0) is 25.7 Å². The maximum atomic E-state index is 12.0. The molecule has 1 atom stereocenters. The van der Waals surface area contributed by atoms with Crippen molar-refractivity contribution in [2.45, 2.75) is 0 Å². The molecule has 0 saturated heterocycles. The number of aliphatic hydroxyl groups is 2. The smallest absolute Gasteiger partial charge is 0.407 e. The number of alkyl carbamates (subject to hydrolysis) is 1. The Kier molecular flexibility index (Phi) is 35.4. The molecule has 0 rings (SSSR count). The number of hydrogen-bond acceptors (Lipinski definition) is 17. The van der Waals surface area contributed by atoms with Crippen LogP contribution in [-0.4, -0.2) is 139 Å². The van der Waals surface area contributed by atoms with Crippen LogP contribution in [0.25, 0.3) is 0 Å². The highest BCUT2D eigenvalue weighted by molar-refractivity contribution is 8.29. The Hall–Kier alpha value is 0.520. The number of aliphatic hydroxyl groups excluding tert-OH is 2. The van der Waals surface area contributed by atoms with Crippen molar-refractivity contribution in [3.05, 3.63) is 0 Å². The van der Waals surface area contributed by atoms with Crippen molar-refractivity contribution >= 4 is 117 Å². The maximum absolute atomic E-state index is 12.0. The van der Waals surface area contributed by atoms with Crippen LogP contribution in [0.15, 0.2) is 9.98 Å². The first-order valence-corrected chi connectivity index (χ1v) is 21.5. The van der Waals surface area contributed by atoms with Gasteiger partial charge in [-0.05, 0) is 0 Å². The Morgan fingerprint density at radius 3 is 2.15 bits per heavy atom. The van der Waals surface area contributed by atoms with E-state index in [0.717, 1.165) is 38.3 Å². The normalized spacial score (nSPS) is 12.2. The van der Waals surface area contributed by atoms with E-state index in [-0.39, 0.29) is 31.7 Å². The summed E-state index contributed by atoms with van der Waals surface area (Å²) in [7, 11) is 0. The summed E-state index contributed by atoms with van der Waals surface area (Å²) in [6, 6.07) is 0. The van der Waals surface area contributed by atoms with Crippen LogP contribution in [0.4, 0.5) is 9.59 Å². The predicted octanol–water partition coefficient (Wildman–Crippen LogP) is 3.08. The zero-order valence-corrected chi connectivity index (χ0v) is 29.2. The van der Waals surface area contributed by atoms with Crippen molar-refractivity contribution in [2.24, 2.45) is 9.98 Å². The van der Waals surface area contributed by atoms with Crippen molar-refractivity contribution < 1.29 is 38.9 Å². The number of hydrogen-bond donors (Lipinski definition) is 4. The SMILES string of the molecule is O=C(NCCSCSCC/N=C/[S+]([O-])CSCSCSC(=O)NCCSCSCC/N=C\OOCCO)OCCO. The second-order valence-electron chi connectivity index (χ2n) is 6.82. The minimum Gasteiger partial charge on any atom is -0.610 e. The van der Waals surface area contributed by atoms with Gasteiger partial charge >= 0.3 is 6.09 Å². The van der Waals surface area contributed by atoms with Crippen LogP contribution in [0.3, 0.4) is 0 Å². The number of aliphatic imine (C=N–C) groups is 2. The van der Waals surface area contributed by atoms with Gasteiger partial charge in [0.25, 0.3) is 5.24 Å². The lowest BCUT2D eigenvalue weighted by Gasteiger charge is -2.06. The molecule has 0 heterocycles. The molecule has 20 heteroatoms. The van der Waals surface area contributed by atoms with Crippen LogP contribution < -0.4 is 10.6 Å². The van der Waals surface area contributed by atoms with Crippen molar-refractivity contribution in [1.29, 1.82) is 0 Å². The summed E-state index contributed by atoms with van der Waals surface area (Å²) in [5, 5.41) is 26.2. The van der Waals surface area contributed by atoms with Gasteiger partial charge in [-0.2, -0.15) is 4.89 Å². The van der Waals surface area contributed by atoms with Crippen molar-refractivity contribution in [1.82, 2.24) is 10.6 Å². The number of nitrogens with one attached hydrogen (secondary N) is 2. The van der Waals surface area contributed by atoms with Gasteiger partial charge in [-0.3, -0.25) is 9.79 Å². The Morgan fingerprint density at radius 1 is 0.805 bits per heavy atom. The summed E-state index contributed by atoms with van der Waals surface area (Å²) in [6.07, 6.45) is 0.709. The number of thioether (sulfide) groups is 7. The van der Waals surface area contributed by atoms with Crippen molar-refractivity contribution in [3.63, 3.8) is 0 Å². The lowest BCUT2D eigenvalue weighted by molar-refractivity contribution is -0.221. The van der Waals surface area contributed by atoms with Gasteiger partial charge in [0.2, 0.25) is 11.9 Å². The summed E-state index contributed by atoms with van der Waals surface area (Å²) in [5.74, 6) is 3.31. The van der Waals surface area contributed by atoms with Crippen LogP contribution in [0.1, 0.15) is 0 Å². The van der Waals surface area contributed by atoms with Crippen LogP contribution in [0.2, 0.25) is 0 Å². The molecule has 0 fully saturated rings. The molecule has 0 bridgehead atoms. The monoisotopic (exact) mass is 732 g/mol. The highest BCUT2D eigenvalue weighted by Crippen LogP contribution is 2.19. The zero-order chi connectivity index (χ0) is 30.1. The van der Waals surface area contributed by atoms with Gasteiger partial charge in [-0.25, -0.2) is 9.79 Å². The highest BCUT2D eigenvalue weighted by atomic mass is 32.3. The topological polar surface area (TPSA) is 174 Å². The molecular weight excluding hydrogens is 693 g/mol. The van der Waals surface area contributed by atoms with E-state index in [2.05, 4.69) is 35.1 Å². The Labute approximate surface area is 275 Å². The minimum atomic E-state index is -1.10. The van der Waals surface area contributed by atoms with Gasteiger partial charge in [-0.15, -0.1) is 58.8 Å². The molecular formula is C21H40N4O8S8. The molecule has 41 heavy (non-hydrogen) atoms. The largest absolute Gasteiger partial charge is 0.610 e. The molecule has 0 spiro atoms. The molecule has 0 aromatic rings. The quantitative estimate of drug-likeness (QED) is 0.0168. The van der Waals surface area contributed by atoms with Gasteiger partial charge in [0.1, 0.15) is 13.2 Å². The van der Waals surface area contributed by atoms with E-state index < -0.39 is 17.3 Å². The lowest BCUT2D eigenvalue weighted by atomic mass is 10.7. The Balaban J connectivity index is 3.39. The molecule has 0 aromatic carbocycles. The van der Waals surface area contributed by atoms with Crippen LogP contribution in [0.5, 0.6) is 0 Å². The molecule has 0 radical (unpaired) electrons. The standard InChI is InChI=1S/C21H40N4O8S8/c26-5-7-31-20(28)24-3-11-36-16-35-10-2-23-14-41(30)19-39-17-38-18-40-21(29)25-4-12-37-15-34-9-1-22-13-33-32-8-6-27/h13-14,26-27H,1-12,15-19H2,(H,24,28)(H,25,29)/b22-13-,23-14+. The third-order valence-electron chi connectivity index (χ3n) is 3.61. The first-order valence-electron chi connectivity index (χ1n) is 12.2. The number of rotatable bonds is 29. The second kappa shape index (κ2) is 35.0. The van der Waals surface area contributed by atoms with Gasteiger partial charge in [-0.1, -0.05) is 23.5 Å². The van der Waals surface area contributed by atoms with Gasteiger partial charge < -0.3 is 35.0 Å². The highest BCUT2D eigenvalue weighted by Gasteiger charge is 2.05. The molecule has 12 nitrogen and oxygen atoms in total. The fourth-order valence-electron chi connectivity index (χ4n) is 1.95. The molecule has 0 saturated carbocycles. The number of ether oxygens (including phenoxy) is 1. The van der Waals surface area contributed by atoms with Crippen LogP contribution in [0, 0.1) is 0 Å². The Morgan fingerprint density at radius 2 is 1.44 bits per heavy atom. The van der Waals surface area contributed by atoms with E-state index in [1.165, 1.54) is 23.7 Å². The number of amides is 2. The van der Waals surface area contributed by atoms with E-state index in [9.17, 15) is 14.1 Å². The number of nitrogens with zero attached hydrogens (tertiary/aromatic N) is 2. The second-order valence-corrected chi connectivity index (χ2v) is 17.2. The molecule has 0 aliphatic carbocycles. The summed E-state index contributed by atoms with van der Waals surface area (Å²) in [5.41, 5.74) is 1.51. The Bertz CT molecular complexity index is 677. The van der Waals surface area contributed by atoms with Gasteiger partial charge in [0.15, 0.2) is 5.08 Å². The average Bonchev–Trinajstić information content (AvgIpc) is 2.97. The average molecular weight is 733 g/mol. The fraction of sp³-hybridized carbons (Fsp3) is 0.810. The third-order valence-corrected chi connectivity index (χ3v) is 13.1. The third kappa shape index (κ3) is 34.9. The van der Waals surface area contributed by atoms with E-state index in [1.807, 2.05) is 0 Å². The zero-order valence-electron chi connectivity index (χ0n) is 22.7. The predicted molar refractivity (Wildman–Crippen MR) is 186 cm³/mol. The van der Waals surface area contributed by atoms with Crippen molar-refractivity contribution in [3.8, 4) is 0 Å². The van der Waals surface area contributed by atoms with Gasteiger partial charge in [0, 0.05) is 67.6 Å². The summed E-state index contributed by atoms with van der Waals surface area (Å²) in [6.45, 7) is 2.21. The fourth-order valence-corrected chi connectivity index (χ4v) is 10.1. The van der Waals surface area contributed by atoms with E-state index in [4.69, 9.17) is 10.2 Å². The van der Waals surface area contributed by atoms with E-state index in [1.54, 1.807) is 70.6 Å². The first kappa shape index (κ1) is 41.5. The molecule has 0 aliphatic rings. The molecule has 240 valence electrons. The van der Waals surface area contributed by atoms with Crippen LogP contribution >= 0.6 is 82.3 Å². The molecule has 0 aromatic heterocycles. The molecule has 1 unspecified atom stereocenters. The molecule has 0 aliphatic heterocycles.